The van der Waals surface area contributed by atoms with Gasteiger partial charge in [0, 0.05) is 5.56 Å². The highest BCUT2D eigenvalue weighted by Crippen LogP contribution is 2.32. The fourth-order valence-electron chi connectivity index (χ4n) is 2.65. The van der Waals surface area contributed by atoms with Crippen LogP contribution in [0.1, 0.15) is 49.4 Å². The van der Waals surface area contributed by atoms with E-state index in [2.05, 4.69) is 6.92 Å². The van der Waals surface area contributed by atoms with Crippen LogP contribution in [0.25, 0.3) is 0 Å². The lowest BCUT2D eigenvalue weighted by atomic mass is 9.85. The van der Waals surface area contributed by atoms with Crippen LogP contribution >= 0.6 is 0 Å². The van der Waals surface area contributed by atoms with Crippen LogP contribution in [0.4, 0.5) is 8.78 Å². The number of hydrogen-bond acceptors (Lipinski definition) is 2. The number of hydrogen-bond donors (Lipinski definition) is 0. The summed E-state index contributed by atoms with van der Waals surface area (Å²) >= 11 is 0. The van der Waals surface area contributed by atoms with Crippen molar-refractivity contribution < 1.29 is 18.3 Å². The Balaban J connectivity index is 2.12. The molecule has 0 spiro atoms. The summed E-state index contributed by atoms with van der Waals surface area (Å²) in [6.45, 7) is 2.12. The van der Waals surface area contributed by atoms with E-state index in [9.17, 15) is 13.6 Å². The lowest BCUT2D eigenvalue weighted by Crippen LogP contribution is -2.25. The van der Waals surface area contributed by atoms with Gasteiger partial charge in [0.15, 0.2) is 17.4 Å². The minimum absolute atomic E-state index is 0.0163. The first-order valence-electron chi connectivity index (χ1n) is 6.75. The van der Waals surface area contributed by atoms with Crippen LogP contribution in [-0.4, -0.2) is 12.4 Å². The number of benzene rings is 1. The van der Waals surface area contributed by atoms with Gasteiger partial charge in [-0.1, -0.05) is 19.8 Å². The molecule has 0 heterocycles. The Morgan fingerprint density at radius 1 is 1.32 bits per heavy atom. The maximum atomic E-state index is 13.7. The Hall–Kier alpha value is -1.45. The largest absolute Gasteiger partial charge is 0.484 e. The number of halogens is 2. The zero-order valence-electron chi connectivity index (χ0n) is 11.0. The molecule has 2 atom stereocenters. The number of rotatable bonds is 4. The molecule has 1 fully saturated rings. The molecule has 1 aliphatic rings. The van der Waals surface area contributed by atoms with Gasteiger partial charge in [0.05, 0.1) is 6.10 Å². The molecule has 1 aliphatic carbocycles. The number of carbonyl (C=O) groups is 1. The van der Waals surface area contributed by atoms with Crippen LogP contribution in [0.3, 0.4) is 0 Å². The summed E-state index contributed by atoms with van der Waals surface area (Å²) in [6, 6.07) is 2.01. The Morgan fingerprint density at radius 3 is 2.58 bits per heavy atom. The van der Waals surface area contributed by atoms with Gasteiger partial charge < -0.3 is 4.74 Å². The van der Waals surface area contributed by atoms with Crippen LogP contribution in [0.15, 0.2) is 12.1 Å². The van der Waals surface area contributed by atoms with E-state index in [1.54, 1.807) is 0 Å². The molecular weight excluding hydrogens is 250 g/mol. The summed E-state index contributed by atoms with van der Waals surface area (Å²) in [5, 5.41) is 0. The van der Waals surface area contributed by atoms with E-state index in [4.69, 9.17) is 4.74 Å². The van der Waals surface area contributed by atoms with Gasteiger partial charge >= 0.3 is 0 Å². The summed E-state index contributed by atoms with van der Waals surface area (Å²) in [7, 11) is 0. The molecule has 0 radical (unpaired) electrons. The Bertz CT molecular complexity index is 436. The molecule has 104 valence electrons. The Morgan fingerprint density at radius 2 is 2.00 bits per heavy atom. The average Bonchev–Trinajstić information content (AvgIpc) is 2.42. The van der Waals surface area contributed by atoms with Crippen molar-refractivity contribution in [3.05, 3.63) is 29.3 Å². The van der Waals surface area contributed by atoms with Gasteiger partial charge in [0.25, 0.3) is 0 Å². The first-order valence-corrected chi connectivity index (χ1v) is 6.75. The molecule has 2 nitrogen and oxygen atoms in total. The molecule has 0 bridgehead atoms. The summed E-state index contributed by atoms with van der Waals surface area (Å²) in [4.78, 5) is 10.5. The molecule has 4 heteroatoms. The SMILES string of the molecule is CCC1CCCC(Oc2c(F)cc(C=O)cc2F)C1. The first-order chi connectivity index (χ1) is 9.13. The molecule has 0 saturated heterocycles. The van der Waals surface area contributed by atoms with E-state index < -0.39 is 11.6 Å². The summed E-state index contributed by atoms with van der Waals surface area (Å²) < 4.78 is 32.9. The molecule has 19 heavy (non-hydrogen) atoms. The van der Waals surface area contributed by atoms with Crippen LogP contribution in [-0.2, 0) is 0 Å². The van der Waals surface area contributed by atoms with E-state index in [0.29, 0.717) is 12.2 Å². The van der Waals surface area contributed by atoms with Crippen LogP contribution < -0.4 is 4.74 Å². The van der Waals surface area contributed by atoms with Crippen molar-refractivity contribution in [1.29, 1.82) is 0 Å². The second kappa shape index (κ2) is 6.13. The third-order valence-electron chi connectivity index (χ3n) is 3.75. The highest BCUT2D eigenvalue weighted by Gasteiger charge is 2.24. The zero-order valence-corrected chi connectivity index (χ0v) is 11.0. The van der Waals surface area contributed by atoms with Gasteiger partial charge in [-0.2, -0.15) is 0 Å². The monoisotopic (exact) mass is 268 g/mol. The van der Waals surface area contributed by atoms with E-state index in [1.807, 2.05) is 0 Å². The Kier molecular flexibility index (Phi) is 4.51. The number of ether oxygens (including phenoxy) is 1. The predicted octanol–water partition coefficient (Wildman–Crippen LogP) is 4.12. The van der Waals surface area contributed by atoms with E-state index in [-0.39, 0.29) is 17.4 Å². The van der Waals surface area contributed by atoms with Gasteiger partial charge in [-0.3, -0.25) is 4.79 Å². The van der Waals surface area contributed by atoms with Gasteiger partial charge in [0.2, 0.25) is 0 Å². The van der Waals surface area contributed by atoms with Crippen LogP contribution in [0.2, 0.25) is 0 Å². The van der Waals surface area contributed by atoms with E-state index >= 15 is 0 Å². The normalized spacial score (nSPS) is 23.1. The fourth-order valence-corrected chi connectivity index (χ4v) is 2.65. The topological polar surface area (TPSA) is 26.3 Å². The molecule has 2 rings (SSSR count). The molecule has 1 aromatic rings. The fraction of sp³-hybridized carbons (Fsp3) is 0.533. The zero-order chi connectivity index (χ0) is 13.8. The average molecular weight is 268 g/mol. The smallest absolute Gasteiger partial charge is 0.191 e. The molecule has 1 aromatic carbocycles. The molecule has 0 amide bonds. The second-order valence-electron chi connectivity index (χ2n) is 5.11. The van der Waals surface area contributed by atoms with Gasteiger partial charge in [-0.05, 0) is 37.3 Å². The highest BCUT2D eigenvalue weighted by atomic mass is 19.1. The van der Waals surface area contributed by atoms with Gasteiger partial charge in [0.1, 0.15) is 6.29 Å². The maximum Gasteiger partial charge on any atom is 0.191 e. The van der Waals surface area contributed by atoms with Crippen molar-refractivity contribution >= 4 is 6.29 Å². The molecular formula is C15H18F2O2. The van der Waals surface area contributed by atoms with Crippen LogP contribution in [0, 0.1) is 17.6 Å². The summed E-state index contributed by atoms with van der Waals surface area (Å²) in [5.74, 6) is -1.40. The van der Waals surface area contributed by atoms with Crippen LogP contribution in [0.5, 0.6) is 5.75 Å². The standard InChI is InChI=1S/C15H18F2O2/c1-2-10-4-3-5-12(6-10)19-15-13(16)7-11(9-18)8-14(15)17/h7-10,12H,2-6H2,1H3. The maximum absolute atomic E-state index is 13.7. The van der Waals surface area contributed by atoms with E-state index in [1.165, 1.54) is 0 Å². The number of carbonyl (C=O) groups excluding carboxylic acids is 1. The molecule has 2 unspecified atom stereocenters. The predicted molar refractivity (Wildman–Crippen MR) is 68.4 cm³/mol. The van der Waals surface area contributed by atoms with Crippen molar-refractivity contribution in [2.24, 2.45) is 5.92 Å². The highest BCUT2D eigenvalue weighted by molar-refractivity contribution is 5.75. The molecule has 0 aromatic heterocycles. The van der Waals surface area contributed by atoms with Crippen molar-refractivity contribution in [2.75, 3.05) is 0 Å². The summed E-state index contributed by atoms with van der Waals surface area (Å²) in [6.07, 6.45) is 5.20. The second-order valence-corrected chi connectivity index (χ2v) is 5.11. The van der Waals surface area contributed by atoms with Crippen molar-refractivity contribution in [3.63, 3.8) is 0 Å². The number of aldehydes is 1. The lowest BCUT2D eigenvalue weighted by Gasteiger charge is -2.29. The third kappa shape index (κ3) is 3.31. The van der Waals surface area contributed by atoms with Crippen molar-refractivity contribution in [1.82, 2.24) is 0 Å². The van der Waals surface area contributed by atoms with Gasteiger partial charge in [-0.25, -0.2) is 8.78 Å². The molecule has 0 N–H and O–H groups in total. The lowest BCUT2D eigenvalue weighted by molar-refractivity contribution is 0.110. The molecule has 1 saturated carbocycles. The van der Waals surface area contributed by atoms with E-state index in [0.717, 1.165) is 44.2 Å². The third-order valence-corrected chi connectivity index (χ3v) is 3.75. The van der Waals surface area contributed by atoms with Gasteiger partial charge in [-0.15, -0.1) is 0 Å². The minimum atomic E-state index is -0.805. The Labute approximate surface area is 111 Å². The first kappa shape index (κ1) is 14.0. The quantitative estimate of drug-likeness (QED) is 0.768. The van der Waals surface area contributed by atoms with Crippen molar-refractivity contribution in [2.45, 2.75) is 45.1 Å². The molecule has 0 aliphatic heterocycles. The minimum Gasteiger partial charge on any atom is -0.484 e. The van der Waals surface area contributed by atoms with Crippen molar-refractivity contribution in [3.8, 4) is 5.75 Å². The summed E-state index contributed by atoms with van der Waals surface area (Å²) in [5.41, 5.74) is -0.0163.